The molecule has 2 rings (SSSR count). The summed E-state index contributed by atoms with van der Waals surface area (Å²) < 4.78 is 0. The van der Waals surface area contributed by atoms with Gasteiger partial charge in [-0.1, -0.05) is 19.1 Å². The molecule has 2 unspecified atom stereocenters. The highest BCUT2D eigenvalue weighted by Gasteiger charge is 2.44. The first-order chi connectivity index (χ1) is 4.76. The number of carbonyl (C=O) groups excluding carboxylic acids is 1. The lowest BCUT2D eigenvalue weighted by Gasteiger charge is -2.18. The first-order valence-corrected chi connectivity index (χ1v) is 3.98. The van der Waals surface area contributed by atoms with E-state index in [9.17, 15) is 4.79 Å². The fraction of sp³-hybridized carbons (Fsp3) is 0.667. The second-order valence-electron chi connectivity index (χ2n) is 3.53. The van der Waals surface area contributed by atoms with Gasteiger partial charge in [0.05, 0.1) is 0 Å². The van der Waals surface area contributed by atoms with Crippen molar-refractivity contribution in [3.63, 3.8) is 0 Å². The van der Waals surface area contributed by atoms with E-state index in [0.717, 1.165) is 19.3 Å². The van der Waals surface area contributed by atoms with Crippen molar-refractivity contribution in [2.45, 2.75) is 26.2 Å². The first-order valence-electron chi connectivity index (χ1n) is 3.98. The zero-order valence-electron chi connectivity index (χ0n) is 6.26. The number of Topliss-reactive ketones (excluding diaryl/α,β-unsaturated/α-hetero) is 1. The molecule has 0 amide bonds. The van der Waals surface area contributed by atoms with Gasteiger partial charge in [0.25, 0.3) is 0 Å². The minimum Gasteiger partial charge on any atom is -0.299 e. The van der Waals surface area contributed by atoms with Gasteiger partial charge in [-0.3, -0.25) is 4.79 Å². The number of carbonyl (C=O) groups is 1. The van der Waals surface area contributed by atoms with Crippen molar-refractivity contribution in [1.29, 1.82) is 0 Å². The highest BCUT2D eigenvalue weighted by Crippen LogP contribution is 2.48. The number of fused-ring (bicyclic) bond motifs is 2. The topological polar surface area (TPSA) is 17.1 Å². The Balaban J connectivity index is 2.31. The van der Waals surface area contributed by atoms with Gasteiger partial charge in [-0.05, 0) is 18.3 Å². The van der Waals surface area contributed by atoms with Crippen LogP contribution in [0.3, 0.4) is 0 Å². The van der Waals surface area contributed by atoms with Crippen molar-refractivity contribution in [3.8, 4) is 0 Å². The van der Waals surface area contributed by atoms with Crippen LogP contribution < -0.4 is 0 Å². The molecule has 2 aliphatic rings. The predicted octanol–water partition coefficient (Wildman–Crippen LogP) is 1.93. The Kier molecular flexibility index (Phi) is 1.05. The standard InChI is InChI=1S/C9H12O/c1-2-9-4-3-7(5-9)8(10)6-9/h3-4,7H,2,5-6H2,1H3. The van der Waals surface area contributed by atoms with Crippen LogP contribution >= 0.6 is 0 Å². The molecule has 1 heteroatoms. The predicted molar refractivity (Wildman–Crippen MR) is 39.6 cm³/mol. The van der Waals surface area contributed by atoms with Gasteiger partial charge in [0.2, 0.25) is 0 Å². The lowest BCUT2D eigenvalue weighted by molar-refractivity contribution is -0.120. The van der Waals surface area contributed by atoms with Gasteiger partial charge in [-0.2, -0.15) is 0 Å². The molecule has 1 saturated carbocycles. The summed E-state index contributed by atoms with van der Waals surface area (Å²) in [6.45, 7) is 2.17. The van der Waals surface area contributed by atoms with E-state index in [1.807, 2.05) is 0 Å². The maximum Gasteiger partial charge on any atom is 0.140 e. The number of rotatable bonds is 1. The fourth-order valence-electron chi connectivity index (χ4n) is 2.11. The van der Waals surface area contributed by atoms with Crippen molar-refractivity contribution in [2.24, 2.45) is 11.3 Å². The Bertz CT molecular complexity index is 205. The Morgan fingerprint density at radius 1 is 1.80 bits per heavy atom. The molecule has 0 spiro atoms. The monoisotopic (exact) mass is 136 g/mol. The summed E-state index contributed by atoms with van der Waals surface area (Å²) in [6, 6.07) is 0. The number of hydrogen-bond acceptors (Lipinski definition) is 1. The maximum atomic E-state index is 11.1. The van der Waals surface area contributed by atoms with Crippen molar-refractivity contribution in [1.82, 2.24) is 0 Å². The lowest BCUT2D eigenvalue weighted by Crippen LogP contribution is -2.12. The molecule has 0 aromatic carbocycles. The van der Waals surface area contributed by atoms with Gasteiger partial charge in [-0.15, -0.1) is 0 Å². The first kappa shape index (κ1) is 6.14. The highest BCUT2D eigenvalue weighted by molar-refractivity contribution is 5.87. The van der Waals surface area contributed by atoms with Gasteiger partial charge >= 0.3 is 0 Å². The molecule has 54 valence electrons. The normalized spacial score (nSPS) is 43.3. The summed E-state index contributed by atoms with van der Waals surface area (Å²) in [5.41, 5.74) is 0.293. The number of ketones is 1. The van der Waals surface area contributed by atoms with Crippen LogP contribution in [0.5, 0.6) is 0 Å². The van der Waals surface area contributed by atoms with E-state index in [-0.39, 0.29) is 0 Å². The van der Waals surface area contributed by atoms with Crippen LogP contribution in [0.15, 0.2) is 12.2 Å². The third kappa shape index (κ3) is 0.606. The Labute approximate surface area is 61.1 Å². The zero-order chi connectivity index (χ0) is 7.19. The second kappa shape index (κ2) is 1.71. The number of hydrogen-bond donors (Lipinski definition) is 0. The van der Waals surface area contributed by atoms with Gasteiger partial charge in [-0.25, -0.2) is 0 Å². The molecule has 2 aliphatic carbocycles. The Morgan fingerprint density at radius 3 is 2.90 bits per heavy atom. The third-order valence-corrected chi connectivity index (χ3v) is 2.95. The van der Waals surface area contributed by atoms with Crippen molar-refractivity contribution in [3.05, 3.63) is 12.2 Å². The van der Waals surface area contributed by atoms with Crippen molar-refractivity contribution < 1.29 is 4.79 Å². The zero-order valence-corrected chi connectivity index (χ0v) is 6.26. The maximum absolute atomic E-state index is 11.1. The quantitative estimate of drug-likeness (QED) is 0.503. The Hall–Kier alpha value is -0.590. The minimum absolute atomic E-state index is 0.292. The van der Waals surface area contributed by atoms with Crippen LogP contribution in [0, 0.1) is 11.3 Å². The molecule has 0 radical (unpaired) electrons. The van der Waals surface area contributed by atoms with E-state index < -0.39 is 0 Å². The smallest absolute Gasteiger partial charge is 0.140 e. The molecule has 0 aromatic rings. The van der Waals surface area contributed by atoms with E-state index in [1.54, 1.807) is 0 Å². The molecule has 10 heavy (non-hydrogen) atoms. The average molecular weight is 136 g/mol. The molecular formula is C9H12O. The molecular weight excluding hydrogens is 124 g/mol. The summed E-state index contributed by atoms with van der Waals surface area (Å²) >= 11 is 0. The number of allylic oxidation sites excluding steroid dienone is 2. The van der Waals surface area contributed by atoms with Gasteiger partial charge < -0.3 is 0 Å². The Morgan fingerprint density at radius 2 is 2.60 bits per heavy atom. The second-order valence-corrected chi connectivity index (χ2v) is 3.53. The lowest BCUT2D eigenvalue weighted by atomic mass is 9.85. The van der Waals surface area contributed by atoms with Crippen molar-refractivity contribution >= 4 is 5.78 Å². The van der Waals surface area contributed by atoms with Crippen LogP contribution in [-0.4, -0.2) is 5.78 Å². The van der Waals surface area contributed by atoms with Crippen LogP contribution in [0.4, 0.5) is 0 Å². The molecule has 1 nitrogen and oxygen atoms in total. The van der Waals surface area contributed by atoms with E-state index in [1.165, 1.54) is 0 Å². The molecule has 0 N–H and O–H groups in total. The van der Waals surface area contributed by atoms with Crippen molar-refractivity contribution in [2.75, 3.05) is 0 Å². The molecule has 0 aliphatic heterocycles. The summed E-state index contributed by atoms with van der Waals surface area (Å²) in [6.07, 6.45) is 7.38. The summed E-state index contributed by atoms with van der Waals surface area (Å²) in [5, 5.41) is 0. The molecule has 2 bridgehead atoms. The van der Waals surface area contributed by atoms with Crippen LogP contribution in [0.1, 0.15) is 26.2 Å². The van der Waals surface area contributed by atoms with E-state index in [4.69, 9.17) is 0 Å². The molecule has 0 saturated heterocycles. The summed E-state index contributed by atoms with van der Waals surface area (Å²) in [7, 11) is 0. The minimum atomic E-state index is 0.292. The van der Waals surface area contributed by atoms with E-state index in [2.05, 4.69) is 19.1 Å². The SMILES string of the molecule is CCC12C=CC(C1)C(=O)C2. The average Bonchev–Trinajstić information content (AvgIpc) is 2.45. The molecule has 0 heterocycles. The molecule has 0 aromatic heterocycles. The van der Waals surface area contributed by atoms with Gasteiger partial charge in [0.1, 0.15) is 5.78 Å². The van der Waals surface area contributed by atoms with Gasteiger partial charge in [0.15, 0.2) is 0 Å². The molecule has 2 atom stereocenters. The van der Waals surface area contributed by atoms with E-state index >= 15 is 0 Å². The largest absolute Gasteiger partial charge is 0.299 e. The van der Waals surface area contributed by atoms with Gasteiger partial charge in [0, 0.05) is 12.3 Å². The van der Waals surface area contributed by atoms with Crippen LogP contribution in [-0.2, 0) is 4.79 Å². The summed E-state index contributed by atoms with van der Waals surface area (Å²) in [5.74, 6) is 0.754. The van der Waals surface area contributed by atoms with Crippen LogP contribution in [0.25, 0.3) is 0 Å². The highest BCUT2D eigenvalue weighted by atomic mass is 16.1. The van der Waals surface area contributed by atoms with E-state index in [0.29, 0.717) is 17.1 Å². The third-order valence-electron chi connectivity index (χ3n) is 2.95. The fourth-order valence-corrected chi connectivity index (χ4v) is 2.11. The summed E-state index contributed by atoms with van der Waals surface area (Å²) in [4.78, 5) is 11.1. The molecule has 1 fully saturated rings. The van der Waals surface area contributed by atoms with Crippen LogP contribution in [0.2, 0.25) is 0 Å².